The van der Waals surface area contributed by atoms with Crippen LogP contribution in [-0.4, -0.2) is 18.8 Å². The molecular weight excluding hydrogens is 318 g/mol. The van der Waals surface area contributed by atoms with E-state index in [-0.39, 0.29) is 11.9 Å². The van der Waals surface area contributed by atoms with Gasteiger partial charge in [-0.05, 0) is 57.0 Å². The summed E-state index contributed by atoms with van der Waals surface area (Å²) in [7, 11) is 1.65. The Morgan fingerprint density at radius 1 is 1.12 bits per heavy atom. The van der Waals surface area contributed by atoms with Crippen molar-refractivity contribution in [2.24, 2.45) is 0 Å². The first-order valence-electron chi connectivity index (χ1n) is 8.04. The summed E-state index contributed by atoms with van der Waals surface area (Å²) < 4.78 is 5.40. The molecule has 1 amide bonds. The molecule has 0 aromatic heterocycles. The molecule has 0 fully saturated rings. The molecule has 3 nitrogen and oxygen atoms in total. The first-order chi connectivity index (χ1) is 11.4. The Bertz CT molecular complexity index is 728. The maximum absolute atomic E-state index is 12.3. The highest BCUT2D eigenvalue weighted by molar-refractivity contribution is 8.00. The lowest BCUT2D eigenvalue weighted by Crippen LogP contribution is -2.28. The predicted octanol–water partition coefficient (Wildman–Crippen LogP) is 4.59. The van der Waals surface area contributed by atoms with E-state index >= 15 is 0 Å². The van der Waals surface area contributed by atoms with E-state index in [1.54, 1.807) is 18.9 Å². The van der Waals surface area contributed by atoms with E-state index in [0.717, 1.165) is 21.8 Å². The highest BCUT2D eigenvalue weighted by Gasteiger charge is 2.14. The molecule has 0 aliphatic carbocycles. The fourth-order valence-corrected chi connectivity index (χ4v) is 3.31. The van der Waals surface area contributed by atoms with Gasteiger partial charge in [-0.15, -0.1) is 11.8 Å². The third-order valence-electron chi connectivity index (χ3n) is 4.08. The molecule has 1 atom stereocenters. The van der Waals surface area contributed by atoms with Gasteiger partial charge in [-0.2, -0.15) is 0 Å². The number of aryl methyl sites for hydroxylation is 3. The zero-order chi connectivity index (χ0) is 17.7. The minimum absolute atomic E-state index is 0.0225. The highest BCUT2D eigenvalue weighted by Crippen LogP contribution is 2.26. The average Bonchev–Trinajstić information content (AvgIpc) is 2.55. The number of hydrogen-bond donors (Lipinski definition) is 1. The van der Waals surface area contributed by atoms with E-state index in [2.05, 4.69) is 43.4 Å². The fourth-order valence-electron chi connectivity index (χ4n) is 2.51. The zero-order valence-electron chi connectivity index (χ0n) is 15.0. The second kappa shape index (κ2) is 8.25. The molecular formula is C20H25NO2S. The summed E-state index contributed by atoms with van der Waals surface area (Å²) in [5.74, 6) is 1.23. The molecule has 0 saturated carbocycles. The summed E-state index contributed by atoms with van der Waals surface area (Å²) >= 11 is 1.56. The SMILES string of the molecule is COc1ccc(C)cc1[C@@H](C)NC(=O)CSc1ccc(C)c(C)c1. The van der Waals surface area contributed by atoms with E-state index < -0.39 is 0 Å². The van der Waals surface area contributed by atoms with E-state index in [1.807, 2.05) is 26.0 Å². The van der Waals surface area contributed by atoms with Crippen molar-refractivity contribution in [2.45, 2.75) is 38.6 Å². The number of rotatable bonds is 6. The second-order valence-electron chi connectivity index (χ2n) is 6.07. The van der Waals surface area contributed by atoms with Gasteiger partial charge in [-0.25, -0.2) is 0 Å². The smallest absolute Gasteiger partial charge is 0.230 e. The van der Waals surface area contributed by atoms with Crippen LogP contribution in [0.25, 0.3) is 0 Å². The van der Waals surface area contributed by atoms with Crippen molar-refractivity contribution >= 4 is 17.7 Å². The van der Waals surface area contributed by atoms with Crippen LogP contribution in [-0.2, 0) is 4.79 Å². The van der Waals surface area contributed by atoms with Crippen LogP contribution in [0.3, 0.4) is 0 Å². The largest absolute Gasteiger partial charge is 0.496 e. The average molecular weight is 343 g/mol. The van der Waals surface area contributed by atoms with Crippen LogP contribution in [0.15, 0.2) is 41.3 Å². The zero-order valence-corrected chi connectivity index (χ0v) is 15.8. The third kappa shape index (κ3) is 4.78. The summed E-state index contributed by atoms with van der Waals surface area (Å²) in [5, 5.41) is 3.05. The highest BCUT2D eigenvalue weighted by atomic mass is 32.2. The molecule has 4 heteroatoms. The molecule has 0 unspecified atom stereocenters. The molecule has 2 rings (SSSR count). The van der Waals surface area contributed by atoms with E-state index in [0.29, 0.717) is 5.75 Å². The second-order valence-corrected chi connectivity index (χ2v) is 7.12. The van der Waals surface area contributed by atoms with Crippen molar-refractivity contribution in [2.75, 3.05) is 12.9 Å². The van der Waals surface area contributed by atoms with Crippen molar-refractivity contribution in [3.8, 4) is 5.75 Å². The van der Waals surface area contributed by atoms with Crippen LogP contribution in [0.5, 0.6) is 5.75 Å². The summed E-state index contributed by atoms with van der Waals surface area (Å²) in [6.07, 6.45) is 0. The van der Waals surface area contributed by atoms with Gasteiger partial charge in [-0.3, -0.25) is 4.79 Å². The van der Waals surface area contributed by atoms with Crippen LogP contribution in [0.4, 0.5) is 0 Å². The number of carbonyl (C=O) groups excluding carboxylic acids is 1. The maximum atomic E-state index is 12.3. The molecule has 1 N–H and O–H groups in total. The summed E-state index contributed by atoms with van der Waals surface area (Å²) in [6, 6.07) is 12.2. The Kier molecular flexibility index (Phi) is 6.32. The molecule has 24 heavy (non-hydrogen) atoms. The Morgan fingerprint density at radius 2 is 1.88 bits per heavy atom. The third-order valence-corrected chi connectivity index (χ3v) is 5.07. The van der Waals surface area contributed by atoms with Gasteiger partial charge in [0.2, 0.25) is 5.91 Å². The van der Waals surface area contributed by atoms with Gasteiger partial charge in [0.15, 0.2) is 0 Å². The maximum Gasteiger partial charge on any atom is 0.230 e. The molecule has 0 saturated heterocycles. The van der Waals surface area contributed by atoms with Gasteiger partial charge in [0, 0.05) is 10.5 Å². The number of carbonyl (C=O) groups is 1. The number of methoxy groups -OCH3 is 1. The fraction of sp³-hybridized carbons (Fsp3) is 0.350. The summed E-state index contributed by atoms with van der Waals surface area (Å²) in [6.45, 7) is 8.20. The Hall–Kier alpha value is -1.94. The number of hydrogen-bond acceptors (Lipinski definition) is 3. The lowest BCUT2D eigenvalue weighted by Gasteiger charge is -2.18. The lowest BCUT2D eigenvalue weighted by atomic mass is 10.0. The molecule has 0 spiro atoms. The number of ether oxygens (including phenoxy) is 1. The number of amides is 1. The van der Waals surface area contributed by atoms with E-state index in [4.69, 9.17) is 4.74 Å². The molecule has 0 aliphatic heterocycles. The normalized spacial score (nSPS) is 11.9. The molecule has 128 valence electrons. The van der Waals surface area contributed by atoms with Gasteiger partial charge in [0.05, 0.1) is 18.9 Å². The number of thioether (sulfide) groups is 1. The lowest BCUT2D eigenvalue weighted by molar-refractivity contribution is -0.119. The van der Waals surface area contributed by atoms with Crippen molar-refractivity contribution in [3.63, 3.8) is 0 Å². The van der Waals surface area contributed by atoms with Crippen LogP contribution in [0, 0.1) is 20.8 Å². The minimum atomic E-state index is -0.0901. The van der Waals surface area contributed by atoms with Crippen LogP contribution < -0.4 is 10.1 Å². The van der Waals surface area contributed by atoms with Crippen molar-refractivity contribution in [1.29, 1.82) is 0 Å². The monoisotopic (exact) mass is 343 g/mol. The summed E-state index contributed by atoms with van der Waals surface area (Å²) in [4.78, 5) is 13.4. The topological polar surface area (TPSA) is 38.3 Å². The van der Waals surface area contributed by atoms with Gasteiger partial charge in [0.25, 0.3) is 0 Å². The van der Waals surface area contributed by atoms with Gasteiger partial charge in [-0.1, -0.05) is 23.8 Å². The molecule has 0 radical (unpaired) electrons. The molecule has 0 bridgehead atoms. The van der Waals surface area contributed by atoms with Crippen LogP contribution >= 0.6 is 11.8 Å². The predicted molar refractivity (Wildman–Crippen MR) is 101 cm³/mol. The number of nitrogens with one attached hydrogen (secondary N) is 1. The summed E-state index contributed by atoms with van der Waals surface area (Å²) in [5.41, 5.74) is 4.67. The Balaban J connectivity index is 1.96. The van der Waals surface area contributed by atoms with Crippen LogP contribution in [0.1, 0.15) is 35.2 Å². The van der Waals surface area contributed by atoms with Gasteiger partial charge in [0.1, 0.15) is 5.75 Å². The molecule has 0 heterocycles. The molecule has 0 aliphatic rings. The standard InChI is InChI=1S/C20H25NO2S/c1-13-6-9-19(23-5)18(10-13)16(4)21-20(22)12-24-17-8-7-14(2)15(3)11-17/h6-11,16H,12H2,1-5H3,(H,21,22)/t16-/m1/s1. The van der Waals surface area contributed by atoms with Crippen LogP contribution in [0.2, 0.25) is 0 Å². The van der Waals surface area contributed by atoms with Crippen molar-refractivity contribution < 1.29 is 9.53 Å². The van der Waals surface area contributed by atoms with Crippen molar-refractivity contribution in [1.82, 2.24) is 5.32 Å². The minimum Gasteiger partial charge on any atom is -0.496 e. The Labute approximate surface area is 148 Å². The first kappa shape index (κ1) is 18.4. The first-order valence-corrected chi connectivity index (χ1v) is 9.03. The molecule has 2 aromatic carbocycles. The van der Waals surface area contributed by atoms with E-state index in [9.17, 15) is 4.79 Å². The number of benzene rings is 2. The quantitative estimate of drug-likeness (QED) is 0.780. The van der Waals surface area contributed by atoms with E-state index in [1.165, 1.54) is 11.1 Å². The molecule has 2 aromatic rings. The van der Waals surface area contributed by atoms with Gasteiger partial charge < -0.3 is 10.1 Å². The Morgan fingerprint density at radius 3 is 2.54 bits per heavy atom. The van der Waals surface area contributed by atoms with Gasteiger partial charge >= 0.3 is 0 Å². The van der Waals surface area contributed by atoms with Crippen molar-refractivity contribution in [3.05, 3.63) is 58.7 Å².